The maximum absolute atomic E-state index is 14.7. The van der Waals surface area contributed by atoms with Gasteiger partial charge in [-0.3, -0.25) is 9.59 Å². The largest absolute Gasteiger partial charge is 0.460 e. The molecule has 228 valence electrons. The van der Waals surface area contributed by atoms with Crippen LogP contribution in [0.15, 0.2) is 58.7 Å². The highest BCUT2D eigenvalue weighted by Crippen LogP contribution is 2.80. The van der Waals surface area contributed by atoms with Gasteiger partial charge in [-0.25, -0.2) is 9.59 Å². The number of carbonyl (C=O) groups is 4. The van der Waals surface area contributed by atoms with Crippen molar-refractivity contribution in [2.24, 2.45) is 39.9 Å². The van der Waals surface area contributed by atoms with Gasteiger partial charge in [0.25, 0.3) is 0 Å². The zero-order chi connectivity index (χ0) is 31.0. The molecule has 1 spiro atoms. The Labute approximate surface area is 251 Å². The lowest BCUT2D eigenvalue weighted by molar-refractivity contribution is -0.159. The number of rotatable bonds is 2. The van der Waals surface area contributed by atoms with E-state index >= 15 is 0 Å². The topological polar surface area (TPSA) is 116 Å². The smallest absolute Gasteiger partial charge is 0.334 e. The molecule has 4 fully saturated rings. The average molecular weight is 589 g/mol. The zero-order valence-electron chi connectivity index (χ0n) is 25.7. The molecule has 8 nitrogen and oxygen atoms in total. The molecular formula is C35H40O8. The van der Waals surface area contributed by atoms with Crippen LogP contribution in [0.25, 0.3) is 0 Å². The summed E-state index contributed by atoms with van der Waals surface area (Å²) in [5.41, 5.74) is -1.13. The lowest BCUT2D eigenvalue weighted by atomic mass is 9.54. The van der Waals surface area contributed by atoms with E-state index in [1.807, 2.05) is 39.8 Å². The van der Waals surface area contributed by atoms with E-state index in [0.29, 0.717) is 29.6 Å². The number of carbonyl (C=O) groups excluding carboxylic acids is 4. The van der Waals surface area contributed by atoms with Crippen LogP contribution in [0.3, 0.4) is 0 Å². The van der Waals surface area contributed by atoms with Gasteiger partial charge in [-0.2, -0.15) is 0 Å². The van der Waals surface area contributed by atoms with Gasteiger partial charge >= 0.3 is 17.9 Å². The first-order valence-corrected chi connectivity index (χ1v) is 15.4. The molecule has 0 amide bonds. The summed E-state index contributed by atoms with van der Waals surface area (Å²) in [5, 5.41) is 12.3. The number of hydrogen-bond donors (Lipinski definition) is 1. The lowest BCUT2D eigenvalue weighted by Gasteiger charge is -2.46. The first kappa shape index (κ1) is 28.5. The van der Waals surface area contributed by atoms with E-state index in [1.54, 1.807) is 26.0 Å². The fourth-order valence-electron chi connectivity index (χ4n) is 10.5. The second-order valence-corrected chi connectivity index (χ2v) is 14.5. The Morgan fingerprint density at radius 2 is 1.86 bits per heavy atom. The van der Waals surface area contributed by atoms with Gasteiger partial charge in [0.05, 0.1) is 16.9 Å². The first-order valence-electron chi connectivity index (χ1n) is 15.4. The van der Waals surface area contributed by atoms with Gasteiger partial charge in [0.15, 0.2) is 5.78 Å². The summed E-state index contributed by atoms with van der Waals surface area (Å²) >= 11 is 0. The molecule has 43 heavy (non-hydrogen) atoms. The minimum absolute atomic E-state index is 0.0997. The van der Waals surface area contributed by atoms with Crippen molar-refractivity contribution >= 4 is 23.7 Å². The summed E-state index contributed by atoms with van der Waals surface area (Å²) in [7, 11) is 0. The van der Waals surface area contributed by atoms with Crippen molar-refractivity contribution in [3.05, 3.63) is 58.7 Å². The molecule has 0 aromatic rings. The molecule has 2 aliphatic heterocycles. The van der Waals surface area contributed by atoms with Crippen LogP contribution in [0, 0.1) is 39.9 Å². The maximum Gasteiger partial charge on any atom is 0.334 e. The lowest BCUT2D eigenvalue weighted by Crippen LogP contribution is -2.53. The summed E-state index contributed by atoms with van der Waals surface area (Å²) in [4.78, 5) is 54.2. The summed E-state index contributed by atoms with van der Waals surface area (Å²) in [6.45, 7) is 15.1. The summed E-state index contributed by atoms with van der Waals surface area (Å²) in [6.07, 6.45) is 6.82. The molecule has 7 aliphatic rings. The highest BCUT2D eigenvalue weighted by molar-refractivity contribution is 6.09. The van der Waals surface area contributed by atoms with Crippen LogP contribution >= 0.6 is 0 Å². The molecule has 2 unspecified atom stereocenters. The molecule has 2 saturated heterocycles. The van der Waals surface area contributed by atoms with E-state index in [0.717, 1.165) is 11.1 Å². The molecule has 2 saturated carbocycles. The molecule has 0 aromatic heterocycles. The van der Waals surface area contributed by atoms with Crippen molar-refractivity contribution in [2.45, 2.75) is 91.1 Å². The van der Waals surface area contributed by atoms with E-state index in [2.05, 4.69) is 6.58 Å². The predicted octanol–water partition coefficient (Wildman–Crippen LogP) is 4.48. The molecule has 7 rings (SSSR count). The molecule has 11 atom stereocenters. The number of allylic oxidation sites excluding steroid dienone is 3. The second-order valence-electron chi connectivity index (χ2n) is 14.5. The minimum Gasteiger partial charge on any atom is -0.460 e. The van der Waals surface area contributed by atoms with Crippen molar-refractivity contribution in [3.63, 3.8) is 0 Å². The molecule has 2 heterocycles. The van der Waals surface area contributed by atoms with Crippen LogP contribution in [-0.4, -0.2) is 52.7 Å². The van der Waals surface area contributed by atoms with E-state index < -0.39 is 75.8 Å². The fourth-order valence-corrected chi connectivity index (χ4v) is 10.5. The van der Waals surface area contributed by atoms with Crippen molar-refractivity contribution in [1.29, 1.82) is 0 Å². The van der Waals surface area contributed by atoms with Gasteiger partial charge in [0.1, 0.15) is 18.3 Å². The number of esters is 3. The van der Waals surface area contributed by atoms with Gasteiger partial charge in [0.2, 0.25) is 0 Å². The summed E-state index contributed by atoms with van der Waals surface area (Å²) in [6, 6.07) is 0. The average Bonchev–Trinajstić information content (AvgIpc) is 3.62. The molecular weight excluding hydrogens is 548 g/mol. The fraction of sp³-hybridized carbons (Fsp3) is 0.600. The SMILES string of the molecule is C=C1C(=O)O[C@@H]2[C@@H]3C4(C=C[C@@]3(C)C3(C4)C(=O)O[C@@H]4[C@H]5C(C)=CC(=O)C5=C(C)C[C@H](OC(=O)/C(C)=C\C)[C@H]43)[C@](C)(O)CC[C@@H]12. The van der Waals surface area contributed by atoms with Gasteiger partial charge in [0, 0.05) is 51.7 Å². The second kappa shape index (κ2) is 8.68. The number of ether oxygens (including phenoxy) is 3. The van der Waals surface area contributed by atoms with Gasteiger partial charge in [-0.1, -0.05) is 42.9 Å². The molecule has 8 heteroatoms. The first-order chi connectivity index (χ1) is 20.1. The highest BCUT2D eigenvalue weighted by Gasteiger charge is 2.84. The summed E-state index contributed by atoms with van der Waals surface area (Å²) in [5.74, 6) is -3.18. The number of fused-ring (bicyclic) bond motifs is 6. The molecule has 1 N–H and O–H groups in total. The van der Waals surface area contributed by atoms with Crippen LogP contribution in [0.4, 0.5) is 0 Å². The van der Waals surface area contributed by atoms with Crippen LogP contribution in [0.1, 0.15) is 67.2 Å². The van der Waals surface area contributed by atoms with Gasteiger partial charge in [-0.05, 0) is 60.0 Å². The van der Waals surface area contributed by atoms with E-state index in [4.69, 9.17) is 14.2 Å². The van der Waals surface area contributed by atoms with Crippen LogP contribution < -0.4 is 0 Å². The number of hydrogen-bond acceptors (Lipinski definition) is 8. The third-order valence-corrected chi connectivity index (χ3v) is 12.7. The Balaban J connectivity index is 1.44. The maximum atomic E-state index is 14.7. The molecule has 0 aromatic carbocycles. The monoisotopic (exact) mass is 588 g/mol. The van der Waals surface area contributed by atoms with Crippen LogP contribution in [0.5, 0.6) is 0 Å². The molecule has 2 bridgehead atoms. The van der Waals surface area contributed by atoms with Crippen molar-refractivity contribution in [2.75, 3.05) is 0 Å². The molecule has 5 aliphatic carbocycles. The Morgan fingerprint density at radius 1 is 1.14 bits per heavy atom. The van der Waals surface area contributed by atoms with Crippen LogP contribution in [0.2, 0.25) is 0 Å². The standard InChI is InChI=1S/C35H40O8/c1-8-16(2)29(37)41-22-14-18(4)23-21(36)13-17(3)24(23)27-25(22)35(31(39)43-27)15-34-12-11-32(35,6)28(34)26-20(9-10-33(34,7)40)19(5)30(38)42-26/h8,11-13,20,22,24-28,40H,5,9-10,14-15H2,1-4,6-7H3/b16-8-/t20-,22-,24-,25+,26-,27+,28-,32+,33+,34?,35?/m0/s1. The Bertz CT molecular complexity index is 1540. The Morgan fingerprint density at radius 3 is 2.56 bits per heavy atom. The van der Waals surface area contributed by atoms with Crippen molar-refractivity contribution in [3.8, 4) is 0 Å². The quantitative estimate of drug-likeness (QED) is 0.217. The minimum atomic E-state index is -1.22. The highest BCUT2D eigenvalue weighted by atomic mass is 16.6. The van der Waals surface area contributed by atoms with E-state index in [9.17, 15) is 24.3 Å². The van der Waals surface area contributed by atoms with Crippen LogP contribution in [-0.2, 0) is 33.4 Å². The van der Waals surface area contributed by atoms with E-state index in [-0.39, 0.29) is 24.5 Å². The van der Waals surface area contributed by atoms with Crippen molar-refractivity contribution in [1.82, 2.24) is 0 Å². The molecule has 0 radical (unpaired) electrons. The van der Waals surface area contributed by atoms with Crippen molar-refractivity contribution < 1.29 is 38.5 Å². The summed E-state index contributed by atoms with van der Waals surface area (Å²) < 4.78 is 18.8. The third kappa shape index (κ3) is 3.20. The number of aliphatic hydroxyl groups is 1. The van der Waals surface area contributed by atoms with Gasteiger partial charge < -0.3 is 19.3 Å². The van der Waals surface area contributed by atoms with Gasteiger partial charge in [-0.15, -0.1) is 0 Å². The number of ketones is 1. The Hall–Kier alpha value is -3.26. The Kier molecular flexibility index (Phi) is 5.75. The zero-order valence-corrected chi connectivity index (χ0v) is 25.7. The normalized spacial score (nSPS) is 47.9. The third-order valence-electron chi connectivity index (χ3n) is 12.7. The predicted molar refractivity (Wildman–Crippen MR) is 155 cm³/mol. The van der Waals surface area contributed by atoms with E-state index in [1.165, 1.54) is 0 Å².